The van der Waals surface area contributed by atoms with Crippen molar-refractivity contribution in [2.75, 3.05) is 23.6 Å². The van der Waals surface area contributed by atoms with Crippen LogP contribution in [0.25, 0.3) is 0 Å². The Kier molecular flexibility index (Phi) is 6.11. The zero-order valence-electron chi connectivity index (χ0n) is 10.7. The van der Waals surface area contributed by atoms with Gasteiger partial charge < -0.3 is 5.32 Å². The van der Waals surface area contributed by atoms with Crippen molar-refractivity contribution in [1.29, 1.82) is 0 Å². The Labute approximate surface area is 117 Å². The van der Waals surface area contributed by atoms with Crippen molar-refractivity contribution >= 4 is 31.6 Å². The third-order valence-corrected chi connectivity index (χ3v) is 4.04. The number of benzene rings is 1. The molecule has 2 N–H and O–H groups in total. The predicted molar refractivity (Wildman–Crippen MR) is 79.4 cm³/mol. The van der Waals surface area contributed by atoms with E-state index in [9.17, 15) is 8.42 Å². The number of hydrogen-bond donors (Lipinski definition) is 2. The summed E-state index contributed by atoms with van der Waals surface area (Å²) in [4.78, 5) is 0. The van der Waals surface area contributed by atoms with Gasteiger partial charge in [-0.15, -0.1) is 0 Å². The van der Waals surface area contributed by atoms with E-state index >= 15 is 0 Å². The van der Waals surface area contributed by atoms with Gasteiger partial charge in [-0.25, -0.2) is 8.42 Å². The molecule has 0 heterocycles. The van der Waals surface area contributed by atoms with Crippen LogP contribution in [0.4, 0.5) is 5.69 Å². The predicted octanol–water partition coefficient (Wildman–Crippen LogP) is 2.50. The Hall–Kier alpha value is -0.590. The molecule has 0 unspecified atom stereocenters. The Morgan fingerprint density at radius 2 is 1.94 bits per heavy atom. The fourth-order valence-corrected chi connectivity index (χ4v) is 3.13. The first-order valence-electron chi connectivity index (χ1n) is 5.91. The Balaban J connectivity index is 2.59. The van der Waals surface area contributed by atoms with Crippen LogP contribution in [0.5, 0.6) is 0 Å². The van der Waals surface area contributed by atoms with Crippen molar-refractivity contribution in [3.63, 3.8) is 0 Å². The van der Waals surface area contributed by atoms with Crippen LogP contribution < -0.4 is 10.0 Å². The lowest BCUT2D eigenvalue weighted by atomic mass is 10.2. The first-order valence-corrected chi connectivity index (χ1v) is 8.36. The minimum atomic E-state index is -3.28. The maximum atomic E-state index is 11.8. The summed E-state index contributed by atoms with van der Waals surface area (Å²) in [7, 11) is -3.28. The highest BCUT2D eigenvalue weighted by Gasteiger charge is 2.10. The van der Waals surface area contributed by atoms with Gasteiger partial charge in [-0.2, -0.15) is 0 Å². The van der Waals surface area contributed by atoms with Gasteiger partial charge in [-0.1, -0.05) is 22.9 Å². The Morgan fingerprint density at radius 1 is 1.22 bits per heavy atom. The molecule has 18 heavy (non-hydrogen) atoms. The van der Waals surface area contributed by atoms with E-state index in [4.69, 9.17) is 0 Å². The smallest absolute Gasteiger partial charge is 0.233 e. The molecule has 0 saturated carbocycles. The number of halogens is 1. The fraction of sp³-hybridized carbons (Fsp3) is 0.500. The first-order chi connectivity index (χ1) is 8.43. The summed E-state index contributed by atoms with van der Waals surface area (Å²) in [6, 6.07) is 5.49. The second kappa shape index (κ2) is 7.11. The molecule has 0 bridgehead atoms. The van der Waals surface area contributed by atoms with Crippen molar-refractivity contribution in [3.05, 3.63) is 28.2 Å². The molecule has 0 atom stereocenters. The minimum absolute atomic E-state index is 0.0819. The maximum absolute atomic E-state index is 11.8. The van der Waals surface area contributed by atoms with Crippen LogP contribution >= 0.6 is 15.9 Å². The Morgan fingerprint density at radius 3 is 2.56 bits per heavy atom. The first kappa shape index (κ1) is 15.5. The average Bonchev–Trinajstić information content (AvgIpc) is 2.22. The molecule has 0 aliphatic carbocycles. The molecule has 0 aromatic heterocycles. The molecule has 4 nitrogen and oxygen atoms in total. The van der Waals surface area contributed by atoms with Crippen LogP contribution in [0.3, 0.4) is 0 Å². The van der Waals surface area contributed by atoms with Gasteiger partial charge in [0.1, 0.15) is 0 Å². The van der Waals surface area contributed by atoms with Crippen LogP contribution in [-0.2, 0) is 10.0 Å². The fourth-order valence-electron chi connectivity index (χ4n) is 1.53. The highest BCUT2D eigenvalue weighted by atomic mass is 79.9. The summed E-state index contributed by atoms with van der Waals surface area (Å²) in [5.74, 6) is 0.0819. The van der Waals surface area contributed by atoms with Gasteiger partial charge in [-0.05, 0) is 43.7 Å². The van der Waals surface area contributed by atoms with E-state index in [1.54, 1.807) is 6.07 Å². The SMILES string of the molecule is CCCNCCS(=O)(=O)Nc1cc(C)cc(Br)c1. The summed E-state index contributed by atoms with van der Waals surface area (Å²) in [5, 5.41) is 3.07. The molecule has 0 saturated heterocycles. The van der Waals surface area contributed by atoms with Gasteiger partial charge in [-0.3, -0.25) is 4.72 Å². The second-order valence-corrected chi connectivity index (χ2v) is 6.95. The van der Waals surface area contributed by atoms with E-state index < -0.39 is 10.0 Å². The molecule has 1 rings (SSSR count). The number of hydrogen-bond acceptors (Lipinski definition) is 3. The van der Waals surface area contributed by atoms with Gasteiger partial charge in [0, 0.05) is 16.7 Å². The molecule has 102 valence electrons. The minimum Gasteiger partial charge on any atom is -0.316 e. The molecule has 6 heteroatoms. The monoisotopic (exact) mass is 334 g/mol. The third kappa shape index (κ3) is 5.84. The van der Waals surface area contributed by atoms with Crippen molar-refractivity contribution in [2.45, 2.75) is 20.3 Å². The van der Waals surface area contributed by atoms with Crippen LogP contribution in [0.1, 0.15) is 18.9 Å². The highest BCUT2D eigenvalue weighted by molar-refractivity contribution is 9.10. The largest absolute Gasteiger partial charge is 0.316 e. The lowest BCUT2D eigenvalue weighted by Crippen LogP contribution is -2.27. The molecular weight excluding hydrogens is 316 g/mol. The van der Waals surface area contributed by atoms with Crippen LogP contribution in [0, 0.1) is 6.92 Å². The second-order valence-electron chi connectivity index (χ2n) is 4.19. The lowest BCUT2D eigenvalue weighted by molar-refractivity contribution is 0.595. The lowest BCUT2D eigenvalue weighted by Gasteiger charge is -2.09. The van der Waals surface area contributed by atoms with E-state index in [1.807, 2.05) is 26.0 Å². The summed E-state index contributed by atoms with van der Waals surface area (Å²) < 4.78 is 27.1. The van der Waals surface area contributed by atoms with E-state index in [0.717, 1.165) is 23.0 Å². The number of sulfonamides is 1. The summed E-state index contributed by atoms with van der Waals surface area (Å²) in [5.41, 5.74) is 1.60. The highest BCUT2D eigenvalue weighted by Crippen LogP contribution is 2.19. The van der Waals surface area contributed by atoms with Crippen molar-refractivity contribution in [1.82, 2.24) is 5.32 Å². The topological polar surface area (TPSA) is 58.2 Å². The van der Waals surface area contributed by atoms with Crippen molar-refractivity contribution in [2.24, 2.45) is 0 Å². The van der Waals surface area contributed by atoms with Crippen LogP contribution in [0.15, 0.2) is 22.7 Å². The summed E-state index contributed by atoms with van der Waals surface area (Å²) in [6.45, 7) is 5.27. The summed E-state index contributed by atoms with van der Waals surface area (Å²) >= 11 is 3.35. The van der Waals surface area contributed by atoms with Gasteiger partial charge in [0.2, 0.25) is 10.0 Å². The molecule has 0 radical (unpaired) electrons. The van der Waals surface area contributed by atoms with E-state index in [-0.39, 0.29) is 5.75 Å². The molecular formula is C12H19BrN2O2S. The van der Waals surface area contributed by atoms with E-state index in [1.165, 1.54) is 0 Å². The molecule has 0 aliphatic rings. The van der Waals surface area contributed by atoms with Gasteiger partial charge in [0.25, 0.3) is 0 Å². The molecule has 1 aromatic carbocycles. The van der Waals surface area contributed by atoms with Crippen LogP contribution in [0.2, 0.25) is 0 Å². The van der Waals surface area contributed by atoms with Crippen molar-refractivity contribution < 1.29 is 8.42 Å². The van der Waals surface area contributed by atoms with E-state index in [0.29, 0.717) is 12.2 Å². The number of aryl methyl sites for hydroxylation is 1. The zero-order chi connectivity index (χ0) is 13.6. The van der Waals surface area contributed by atoms with Gasteiger partial charge in [0.05, 0.1) is 5.75 Å². The zero-order valence-corrected chi connectivity index (χ0v) is 13.1. The number of rotatable bonds is 7. The maximum Gasteiger partial charge on any atom is 0.233 e. The molecule has 0 fully saturated rings. The molecule has 0 spiro atoms. The summed E-state index contributed by atoms with van der Waals surface area (Å²) in [6.07, 6.45) is 0.998. The van der Waals surface area contributed by atoms with Gasteiger partial charge in [0.15, 0.2) is 0 Å². The van der Waals surface area contributed by atoms with Gasteiger partial charge >= 0.3 is 0 Å². The molecule has 0 aliphatic heterocycles. The molecule has 0 amide bonds. The third-order valence-electron chi connectivity index (χ3n) is 2.29. The van der Waals surface area contributed by atoms with E-state index in [2.05, 4.69) is 26.0 Å². The average molecular weight is 335 g/mol. The quantitative estimate of drug-likeness (QED) is 0.753. The van der Waals surface area contributed by atoms with Crippen molar-refractivity contribution in [3.8, 4) is 0 Å². The standard InChI is InChI=1S/C12H19BrN2O2S/c1-3-4-14-5-6-18(16,17)15-12-8-10(2)7-11(13)9-12/h7-9,14-15H,3-6H2,1-2H3. The number of anilines is 1. The normalized spacial score (nSPS) is 11.5. The number of nitrogens with one attached hydrogen (secondary N) is 2. The Bertz CT molecular complexity index is 469. The van der Waals surface area contributed by atoms with Crippen LogP contribution in [-0.4, -0.2) is 27.3 Å². The molecule has 1 aromatic rings.